The van der Waals surface area contributed by atoms with Crippen LogP contribution in [-0.4, -0.2) is 33.9 Å². The number of nitrogens with zero attached hydrogens (tertiary/aromatic N) is 3. The molecule has 1 saturated heterocycles. The topological polar surface area (TPSA) is 30.3 Å². The highest BCUT2D eigenvalue weighted by Gasteiger charge is 2.21. The van der Waals surface area contributed by atoms with Gasteiger partial charge in [0.15, 0.2) is 0 Å². The lowest BCUT2D eigenvalue weighted by Crippen LogP contribution is -2.31. The Balaban J connectivity index is 1.69. The van der Waals surface area contributed by atoms with Crippen LogP contribution < -0.4 is 0 Å². The van der Waals surface area contributed by atoms with Gasteiger partial charge in [-0.3, -0.25) is 9.58 Å². The van der Waals surface area contributed by atoms with Crippen molar-refractivity contribution in [2.45, 2.75) is 32.0 Å². The van der Waals surface area contributed by atoms with Crippen LogP contribution in [0.4, 0.5) is 0 Å². The second kappa shape index (κ2) is 6.92. The Kier molecular flexibility index (Phi) is 4.95. The Morgan fingerprint density at radius 1 is 1.52 bits per heavy atom. The summed E-state index contributed by atoms with van der Waals surface area (Å²) in [6.07, 6.45) is 4.51. The molecule has 0 saturated carbocycles. The maximum Gasteiger partial charge on any atom is 0.0950 e. The zero-order chi connectivity index (χ0) is 14.7. The van der Waals surface area contributed by atoms with E-state index < -0.39 is 0 Å². The molecule has 6 heteroatoms. The molecule has 0 aromatic carbocycles. The van der Waals surface area contributed by atoms with Crippen LogP contribution in [0, 0.1) is 0 Å². The quantitative estimate of drug-likeness (QED) is 0.816. The number of thiophene rings is 1. The SMILES string of the molecule is Cn1cc(Cl)c(CN(Cc2ccsc2)C[C@@H]2CCCO2)n1. The molecule has 0 aliphatic carbocycles. The fourth-order valence-electron chi connectivity index (χ4n) is 2.73. The van der Waals surface area contributed by atoms with Gasteiger partial charge in [-0.1, -0.05) is 11.6 Å². The van der Waals surface area contributed by atoms with Gasteiger partial charge in [0.1, 0.15) is 0 Å². The van der Waals surface area contributed by atoms with Crippen molar-refractivity contribution in [3.63, 3.8) is 0 Å². The van der Waals surface area contributed by atoms with E-state index in [4.69, 9.17) is 16.3 Å². The Bertz CT molecular complexity index is 563. The van der Waals surface area contributed by atoms with Crippen molar-refractivity contribution < 1.29 is 4.74 Å². The minimum atomic E-state index is 0.339. The molecule has 114 valence electrons. The highest BCUT2D eigenvalue weighted by atomic mass is 35.5. The number of aryl methyl sites for hydroxylation is 1. The number of ether oxygens (including phenoxy) is 1. The second-order valence-corrected chi connectivity index (χ2v) is 6.72. The van der Waals surface area contributed by atoms with Gasteiger partial charge in [0.05, 0.1) is 16.8 Å². The third kappa shape index (κ3) is 4.07. The molecule has 1 atom stereocenters. The monoisotopic (exact) mass is 325 g/mol. The standard InChI is InChI=1S/C15H20ClN3OS/c1-18-9-14(16)15(17-18)10-19(7-12-4-6-21-11-12)8-13-3-2-5-20-13/h4,6,9,11,13H,2-3,5,7-8,10H2,1H3/t13-/m0/s1. The molecule has 0 bridgehead atoms. The minimum Gasteiger partial charge on any atom is -0.377 e. The molecule has 0 radical (unpaired) electrons. The van der Waals surface area contributed by atoms with E-state index in [2.05, 4.69) is 26.8 Å². The predicted octanol–water partition coefficient (Wildman–Crippen LogP) is 3.32. The first-order valence-electron chi connectivity index (χ1n) is 7.24. The lowest BCUT2D eigenvalue weighted by Gasteiger charge is -2.24. The van der Waals surface area contributed by atoms with E-state index in [0.717, 1.165) is 43.4 Å². The second-order valence-electron chi connectivity index (χ2n) is 5.53. The lowest BCUT2D eigenvalue weighted by molar-refractivity contribution is 0.0675. The van der Waals surface area contributed by atoms with Crippen LogP contribution >= 0.6 is 22.9 Å². The van der Waals surface area contributed by atoms with Crippen LogP contribution in [0.2, 0.25) is 5.02 Å². The third-order valence-corrected chi connectivity index (χ3v) is 4.75. The van der Waals surface area contributed by atoms with E-state index >= 15 is 0 Å². The summed E-state index contributed by atoms with van der Waals surface area (Å²) in [5.41, 5.74) is 2.28. The molecular formula is C15H20ClN3OS. The highest BCUT2D eigenvalue weighted by molar-refractivity contribution is 7.07. The van der Waals surface area contributed by atoms with Gasteiger partial charge in [-0.2, -0.15) is 16.4 Å². The zero-order valence-electron chi connectivity index (χ0n) is 12.2. The molecular weight excluding hydrogens is 306 g/mol. The van der Waals surface area contributed by atoms with Crippen LogP contribution in [0.3, 0.4) is 0 Å². The molecule has 0 unspecified atom stereocenters. The Morgan fingerprint density at radius 3 is 3.05 bits per heavy atom. The van der Waals surface area contributed by atoms with Crippen molar-refractivity contribution in [3.8, 4) is 0 Å². The summed E-state index contributed by atoms with van der Waals surface area (Å²) in [5, 5.41) is 9.51. The predicted molar refractivity (Wildman–Crippen MR) is 85.6 cm³/mol. The highest BCUT2D eigenvalue weighted by Crippen LogP contribution is 2.20. The molecule has 1 fully saturated rings. The first-order chi connectivity index (χ1) is 10.2. The smallest absolute Gasteiger partial charge is 0.0950 e. The average Bonchev–Trinajstić information content (AvgIpc) is 3.15. The van der Waals surface area contributed by atoms with Crippen LogP contribution in [0.1, 0.15) is 24.1 Å². The van der Waals surface area contributed by atoms with Gasteiger partial charge in [0, 0.05) is 39.5 Å². The third-order valence-electron chi connectivity index (χ3n) is 3.70. The number of aromatic nitrogens is 2. The lowest BCUT2D eigenvalue weighted by atomic mass is 10.2. The first kappa shape index (κ1) is 15.0. The van der Waals surface area contributed by atoms with E-state index in [1.165, 1.54) is 12.0 Å². The normalized spacial score (nSPS) is 18.7. The van der Waals surface area contributed by atoms with Gasteiger partial charge >= 0.3 is 0 Å². The number of halogens is 1. The molecule has 0 N–H and O–H groups in total. The van der Waals surface area contributed by atoms with Gasteiger partial charge in [0.25, 0.3) is 0 Å². The summed E-state index contributed by atoms with van der Waals surface area (Å²) in [6.45, 7) is 3.50. The fraction of sp³-hybridized carbons (Fsp3) is 0.533. The van der Waals surface area contributed by atoms with E-state index in [9.17, 15) is 0 Å². The molecule has 3 heterocycles. The Morgan fingerprint density at radius 2 is 2.43 bits per heavy atom. The van der Waals surface area contributed by atoms with Gasteiger partial charge in [0.2, 0.25) is 0 Å². The Labute approximate surface area is 134 Å². The van der Waals surface area contributed by atoms with E-state index in [-0.39, 0.29) is 0 Å². The summed E-state index contributed by atoms with van der Waals surface area (Å²) >= 11 is 7.98. The number of hydrogen-bond acceptors (Lipinski definition) is 4. The maximum absolute atomic E-state index is 6.25. The molecule has 1 aliphatic rings. The Hall–Kier alpha value is -0.880. The van der Waals surface area contributed by atoms with Crippen LogP contribution in [0.15, 0.2) is 23.0 Å². The summed E-state index contributed by atoms with van der Waals surface area (Å²) in [5.74, 6) is 0. The summed E-state index contributed by atoms with van der Waals surface area (Å²) < 4.78 is 7.55. The van der Waals surface area contributed by atoms with E-state index in [1.807, 2.05) is 13.2 Å². The molecule has 1 aliphatic heterocycles. The van der Waals surface area contributed by atoms with Gasteiger partial charge < -0.3 is 4.74 Å². The fourth-order valence-corrected chi connectivity index (χ4v) is 3.63. The van der Waals surface area contributed by atoms with E-state index in [1.54, 1.807) is 16.0 Å². The van der Waals surface area contributed by atoms with Crippen LogP contribution in [0.5, 0.6) is 0 Å². The first-order valence-corrected chi connectivity index (χ1v) is 8.56. The van der Waals surface area contributed by atoms with Crippen molar-refractivity contribution in [3.05, 3.63) is 39.3 Å². The maximum atomic E-state index is 6.25. The summed E-state index contributed by atoms with van der Waals surface area (Å²) in [4.78, 5) is 2.38. The average molecular weight is 326 g/mol. The zero-order valence-corrected chi connectivity index (χ0v) is 13.7. The van der Waals surface area contributed by atoms with Crippen molar-refractivity contribution >= 4 is 22.9 Å². The largest absolute Gasteiger partial charge is 0.377 e. The molecule has 0 spiro atoms. The van der Waals surface area contributed by atoms with Gasteiger partial charge in [-0.15, -0.1) is 0 Å². The van der Waals surface area contributed by atoms with Crippen molar-refractivity contribution in [2.75, 3.05) is 13.2 Å². The summed E-state index contributed by atoms with van der Waals surface area (Å²) in [6, 6.07) is 2.17. The molecule has 3 rings (SSSR count). The molecule has 2 aromatic rings. The minimum absolute atomic E-state index is 0.339. The molecule has 21 heavy (non-hydrogen) atoms. The van der Waals surface area contributed by atoms with Crippen molar-refractivity contribution in [1.82, 2.24) is 14.7 Å². The van der Waals surface area contributed by atoms with Gasteiger partial charge in [-0.25, -0.2) is 0 Å². The van der Waals surface area contributed by atoms with E-state index in [0.29, 0.717) is 6.10 Å². The number of hydrogen-bond donors (Lipinski definition) is 0. The number of rotatable bonds is 6. The van der Waals surface area contributed by atoms with Crippen LogP contribution in [-0.2, 0) is 24.9 Å². The summed E-state index contributed by atoms with van der Waals surface area (Å²) in [7, 11) is 1.90. The molecule has 4 nitrogen and oxygen atoms in total. The van der Waals surface area contributed by atoms with Crippen molar-refractivity contribution in [2.24, 2.45) is 7.05 Å². The van der Waals surface area contributed by atoms with Gasteiger partial charge in [-0.05, 0) is 35.2 Å². The molecule has 0 amide bonds. The molecule has 2 aromatic heterocycles. The van der Waals surface area contributed by atoms with Crippen molar-refractivity contribution in [1.29, 1.82) is 0 Å². The van der Waals surface area contributed by atoms with Crippen LogP contribution in [0.25, 0.3) is 0 Å².